The lowest BCUT2D eigenvalue weighted by molar-refractivity contribution is -0.137. The summed E-state index contributed by atoms with van der Waals surface area (Å²) in [6.07, 6.45) is 13.0. The Bertz CT molecular complexity index is 808. The third kappa shape index (κ3) is 7.56. The molecule has 182 valence electrons. The highest BCUT2D eigenvalue weighted by Gasteiger charge is 2.37. The van der Waals surface area contributed by atoms with Crippen LogP contribution in [0.15, 0.2) is 24.4 Å². The second-order valence-electron chi connectivity index (χ2n) is 9.97. The molecule has 1 saturated heterocycles. The van der Waals surface area contributed by atoms with Crippen LogP contribution in [0, 0.1) is 0 Å². The third-order valence-corrected chi connectivity index (χ3v) is 6.21. The normalized spacial score (nSPS) is 20.5. The fraction of sp³-hybridized carbons (Fsp3) is 0.654. The number of anilines is 1. The molecule has 0 spiro atoms. The van der Waals surface area contributed by atoms with Crippen molar-refractivity contribution >= 4 is 24.0 Å². The number of ether oxygens (including phenoxy) is 2. The molecule has 1 aliphatic carbocycles. The Balaban J connectivity index is 1.76. The first-order valence-electron chi connectivity index (χ1n) is 12.3. The molecule has 0 bridgehead atoms. The monoisotopic (exact) mass is 457 g/mol. The van der Waals surface area contributed by atoms with Gasteiger partial charge >= 0.3 is 12.1 Å². The molecule has 3 rings (SSSR count). The summed E-state index contributed by atoms with van der Waals surface area (Å²) in [4.78, 5) is 33.6. The Kier molecular flexibility index (Phi) is 8.89. The second kappa shape index (κ2) is 11.6. The fourth-order valence-corrected chi connectivity index (χ4v) is 4.67. The van der Waals surface area contributed by atoms with E-state index < -0.39 is 5.60 Å². The zero-order valence-corrected chi connectivity index (χ0v) is 20.6. The van der Waals surface area contributed by atoms with Crippen molar-refractivity contribution < 1.29 is 19.1 Å². The Labute approximate surface area is 198 Å². The van der Waals surface area contributed by atoms with Crippen LogP contribution in [0.5, 0.6) is 0 Å². The van der Waals surface area contributed by atoms with Gasteiger partial charge in [0, 0.05) is 31.4 Å². The molecule has 33 heavy (non-hydrogen) atoms. The average molecular weight is 458 g/mol. The molecular weight excluding hydrogens is 418 g/mol. The SMILES string of the molecule is CCOC(=O)C=Cc1ccc(N(C(=O)OC(C)(C)C)[C@@H]2CCN(C3CCCCCC3)C2)nc1. The lowest BCUT2D eigenvalue weighted by atomic mass is 10.1. The first-order chi connectivity index (χ1) is 15.8. The Morgan fingerprint density at radius 1 is 1.15 bits per heavy atom. The summed E-state index contributed by atoms with van der Waals surface area (Å²) in [7, 11) is 0. The minimum Gasteiger partial charge on any atom is -0.463 e. The highest BCUT2D eigenvalue weighted by molar-refractivity contribution is 5.88. The van der Waals surface area contributed by atoms with Crippen molar-refractivity contribution in [3.63, 3.8) is 0 Å². The highest BCUT2D eigenvalue weighted by atomic mass is 16.6. The number of esters is 1. The van der Waals surface area contributed by atoms with Gasteiger partial charge in [-0.1, -0.05) is 25.7 Å². The smallest absolute Gasteiger partial charge is 0.416 e. The summed E-state index contributed by atoms with van der Waals surface area (Å²) in [6.45, 7) is 9.59. The second-order valence-corrected chi connectivity index (χ2v) is 9.97. The maximum atomic E-state index is 13.2. The first kappa shape index (κ1) is 25.2. The molecule has 0 unspecified atom stereocenters. The Morgan fingerprint density at radius 2 is 1.88 bits per heavy atom. The number of carbonyl (C=O) groups is 2. The molecule has 0 aromatic carbocycles. The minimum absolute atomic E-state index is 0.0246. The number of pyridine rings is 1. The van der Waals surface area contributed by atoms with E-state index in [1.807, 2.05) is 32.9 Å². The van der Waals surface area contributed by atoms with E-state index in [-0.39, 0.29) is 18.1 Å². The zero-order chi connectivity index (χ0) is 23.8. The Hall–Kier alpha value is -2.41. The number of carbonyl (C=O) groups excluding carboxylic acids is 2. The predicted octanol–water partition coefficient (Wildman–Crippen LogP) is 5.20. The van der Waals surface area contributed by atoms with Gasteiger partial charge in [-0.25, -0.2) is 14.6 Å². The van der Waals surface area contributed by atoms with E-state index in [9.17, 15) is 9.59 Å². The largest absolute Gasteiger partial charge is 0.463 e. The van der Waals surface area contributed by atoms with Gasteiger partial charge in [-0.2, -0.15) is 0 Å². The predicted molar refractivity (Wildman–Crippen MR) is 130 cm³/mol. The standard InChI is InChI=1S/C26H39N3O4/c1-5-32-24(30)15-13-20-12-14-23(27-18-20)29(25(31)33-26(2,3)4)22-16-17-28(19-22)21-10-8-6-7-9-11-21/h12-15,18,21-22H,5-11,16-17,19H2,1-4H3/t22-/m1/s1. The molecule has 1 amide bonds. The van der Waals surface area contributed by atoms with E-state index in [2.05, 4.69) is 9.88 Å². The van der Waals surface area contributed by atoms with Crippen LogP contribution in [0.1, 0.15) is 78.2 Å². The molecular formula is C26H39N3O4. The van der Waals surface area contributed by atoms with Crippen LogP contribution in [0.2, 0.25) is 0 Å². The number of rotatable bonds is 6. The van der Waals surface area contributed by atoms with E-state index >= 15 is 0 Å². The maximum Gasteiger partial charge on any atom is 0.416 e. The van der Waals surface area contributed by atoms with Gasteiger partial charge in [-0.3, -0.25) is 9.80 Å². The van der Waals surface area contributed by atoms with Crippen LogP contribution in [0.4, 0.5) is 10.6 Å². The molecule has 1 atom stereocenters. The number of hydrogen-bond acceptors (Lipinski definition) is 6. The van der Waals surface area contributed by atoms with Crippen molar-refractivity contribution in [2.24, 2.45) is 0 Å². The van der Waals surface area contributed by atoms with E-state index in [0.717, 1.165) is 25.1 Å². The minimum atomic E-state index is -0.586. The summed E-state index contributed by atoms with van der Waals surface area (Å²) in [5.74, 6) is 0.187. The molecule has 1 aliphatic heterocycles. The number of nitrogens with zero attached hydrogens (tertiary/aromatic N) is 3. The van der Waals surface area contributed by atoms with Crippen LogP contribution in [-0.4, -0.2) is 59.3 Å². The molecule has 2 aliphatic rings. The van der Waals surface area contributed by atoms with Crippen molar-refractivity contribution in [3.05, 3.63) is 30.0 Å². The molecule has 1 aromatic rings. The molecule has 7 nitrogen and oxygen atoms in total. The summed E-state index contributed by atoms with van der Waals surface area (Å²) in [5.41, 5.74) is 0.180. The van der Waals surface area contributed by atoms with Gasteiger partial charge in [0.2, 0.25) is 0 Å². The molecule has 0 radical (unpaired) electrons. The van der Waals surface area contributed by atoms with Gasteiger partial charge in [0.15, 0.2) is 0 Å². The van der Waals surface area contributed by atoms with Gasteiger partial charge in [-0.15, -0.1) is 0 Å². The Morgan fingerprint density at radius 3 is 2.48 bits per heavy atom. The van der Waals surface area contributed by atoms with Crippen LogP contribution in [-0.2, 0) is 14.3 Å². The summed E-state index contributed by atoms with van der Waals surface area (Å²) in [5, 5.41) is 0. The van der Waals surface area contributed by atoms with Crippen LogP contribution < -0.4 is 4.90 Å². The van der Waals surface area contributed by atoms with Crippen LogP contribution >= 0.6 is 0 Å². The first-order valence-corrected chi connectivity index (χ1v) is 12.3. The van der Waals surface area contributed by atoms with E-state index in [1.165, 1.54) is 44.6 Å². The van der Waals surface area contributed by atoms with Crippen LogP contribution in [0.3, 0.4) is 0 Å². The molecule has 7 heteroatoms. The maximum absolute atomic E-state index is 13.2. The number of amides is 1. The van der Waals surface area contributed by atoms with Crippen molar-refractivity contribution in [3.8, 4) is 0 Å². The van der Waals surface area contributed by atoms with Crippen molar-refractivity contribution in [2.45, 2.75) is 90.3 Å². The fourth-order valence-electron chi connectivity index (χ4n) is 4.67. The molecule has 1 aromatic heterocycles. The molecule has 1 saturated carbocycles. The topological polar surface area (TPSA) is 72.0 Å². The quantitative estimate of drug-likeness (QED) is 0.332. The lowest BCUT2D eigenvalue weighted by Crippen LogP contribution is -2.46. The van der Waals surface area contributed by atoms with Gasteiger partial charge < -0.3 is 9.47 Å². The van der Waals surface area contributed by atoms with Crippen molar-refractivity contribution in [1.82, 2.24) is 9.88 Å². The van der Waals surface area contributed by atoms with E-state index in [4.69, 9.17) is 9.47 Å². The van der Waals surface area contributed by atoms with Crippen LogP contribution in [0.25, 0.3) is 6.08 Å². The summed E-state index contributed by atoms with van der Waals surface area (Å²) in [6, 6.07) is 4.31. The van der Waals surface area contributed by atoms with E-state index in [0.29, 0.717) is 18.5 Å². The van der Waals surface area contributed by atoms with Gasteiger partial charge in [-0.05, 0) is 70.7 Å². The van der Waals surface area contributed by atoms with Crippen molar-refractivity contribution in [2.75, 3.05) is 24.6 Å². The van der Waals surface area contributed by atoms with Crippen molar-refractivity contribution in [1.29, 1.82) is 0 Å². The number of likely N-dealkylation sites (tertiary alicyclic amines) is 1. The lowest BCUT2D eigenvalue weighted by Gasteiger charge is -2.32. The highest BCUT2D eigenvalue weighted by Crippen LogP contribution is 2.29. The molecule has 0 N–H and O–H groups in total. The third-order valence-electron chi connectivity index (χ3n) is 6.21. The average Bonchev–Trinajstić information content (AvgIpc) is 3.06. The zero-order valence-electron chi connectivity index (χ0n) is 20.6. The number of aromatic nitrogens is 1. The van der Waals surface area contributed by atoms with Gasteiger partial charge in [0.1, 0.15) is 11.4 Å². The molecule has 2 heterocycles. The van der Waals surface area contributed by atoms with Gasteiger partial charge in [0.05, 0.1) is 12.6 Å². The summed E-state index contributed by atoms with van der Waals surface area (Å²) >= 11 is 0. The van der Waals surface area contributed by atoms with Gasteiger partial charge in [0.25, 0.3) is 0 Å². The number of hydrogen-bond donors (Lipinski definition) is 0. The summed E-state index contributed by atoms with van der Waals surface area (Å²) < 4.78 is 10.7. The van der Waals surface area contributed by atoms with E-state index in [1.54, 1.807) is 24.1 Å². The molecule has 2 fully saturated rings.